The van der Waals surface area contributed by atoms with Crippen molar-refractivity contribution in [1.29, 1.82) is 0 Å². The summed E-state index contributed by atoms with van der Waals surface area (Å²) in [5.41, 5.74) is 2.12. The van der Waals surface area contributed by atoms with Crippen LogP contribution in [0.4, 0.5) is 4.39 Å². The summed E-state index contributed by atoms with van der Waals surface area (Å²) in [6, 6.07) is 16.1. The Hall–Kier alpha value is -1.05. The fourth-order valence-electron chi connectivity index (χ4n) is 1.14. The fourth-order valence-corrected chi connectivity index (χ4v) is 1.50. The van der Waals surface area contributed by atoms with Gasteiger partial charge in [-0.05, 0) is 23.3 Å². The predicted octanol–water partition coefficient (Wildman–Crippen LogP) is 4.99. The van der Waals surface area contributed by atoms with Crippen LogP contribution in [0.5, 0.6) is 0 Å². The minimum atomic E-state index is -0.219. The molecule has 0 bridgehead atoms. The Morgan fingerprint density at radius 2 is 1.18 bits per heavy atom. The molecule has 0 aliphatic rings. The van der Waals surface area contributed by atoms with E-state index in [0.29, 0.717) is 11.8 Å². The first-order chi connectivity index (χ1) is 8.26. The van der Waals surface area contributed by atoms with Crippen molar-refractivity contribution < 1.29 is 4.39 Å². The molecular formula is C14H13Cl2F. The van der Waals surface area contributed by atoms with Crippen molar-refractivity contribution in [3.8, 4) is 0 Å². The monoisotopic (exact) mass is 270 g/mol. The van der Waals surface area contributed by atoms with Gasteiger partial charge in [0.25, 0.3) is 0 Å². The van der Waals surface area contributed by atoms with E-state index >= 15 is 0 Å². The molecule has 0 atom stereocenters. The molecular weight excluding hydrogens is 258 g/mol. The van der Waals surface area contributed by atoms with Crippen molar-refractivity contribution >= 4 is 23.2 Å². The summed E-state index contributed by atoms with van der Waals surface area (Å²) in [4.78, 5) is 0. The molecule has 0 aliphatic heterocycles. The number of alkyl halides is 2. The van der Waals surface area contributed by atoms with E-state index in [9.17, 15) is 4.39 Å². The molecule has 0 heterocycles. The molecule has 0 unspecified atom stereocenters. The molecule has 90 valence electrons. The number of halogens is 3. The summed E-state index contributed by atoms with van der Waals surface area (Å²) in [7, 11) is 0. The molecule has 0 aliphatic carbocycles. The van der Waals surface area contributed by atoms with Gasteiger partial charge in [-0.2, -0.15) is 0 Å². The van der Waals surface area contributed by atoms with E-state index in [0.717, 1.165) is 5.56 Å². The van der Waals surface area contributed by atoms with Crippen molar-refractivity contribution in [3.05, 3.63) is 71.5 Å². The SMILES string of the molecule is ClCc1ccccc1.Fc1ccc(CCl)cc1. The van der Waals surface area contributed by atoms with Gasteiger partial charge in [0.1, 0.15) is 5.82 Å². The van der Waals surface area contributed by atoms with Crippen LogP contribution in [-0.4, -0.2) is 0 Å². The van der Waals surface area contributed by atoms with E-state index in [1.165, 1.54) is 17.7 Å². The van der Waals surface area contributed by atoms with Crippen LogP contribution in [0.1, 0.15) is 11.1 Å². The Balaban J connectivity index is 0.000000171. The second-order valence-electron chi connectivity index (χ2n) is 3.38. The Bertz CT molecular complexity index is 412. The first-order valence-electron chi connectivity index (χ1n) is 5.16. The van der Waals surface area contributed by atoms with Gasteiger partial charge in [-0.3, -0.25) is 0 Å². The van der Waals surface area contributed by atoms with Crippen LogP contribution >= 0.6 is 23.2 Å². The van der Waals surface area contributed by atoms with Gasteiger partial charge in [-0.15, -0.1) is 23.2 Å². The maximum Gasteiger partial charge on any atom is 0.123 e. The van der Waals surface area contributed by atoms with E-state index in [1.807, 2.05) is 30.3 Å². The van der Waals surface area contributed by atoms with Crippen molar-refractivity contribution in [3.63, 3.8) is 0 Å². The molecule has 0 amide bonds. The van der Waals surface area contributed by atoms with Gasteiger partial charge >= 0.3 is 0 Å². The van der Waals surface area contributed by atoms with Crippen molar-refractivity contribution in [2.45, 2.75) is 11.8 Å². The molecule has 3 heteroatoms. The molecule has 0 radical (unpaired) electrons. The highest BCUT2D eigenvalue weighted by Crippen LogP contribution is 2.04. The lowest BCUT2D eigenvalue weighted by Gasteiger charge is -1.91. The second-order valence-corrected chi connectivity index (χ2v) is 3.91. The van der Waals surface area contributed by atoms with Crippen LogP contribution in [0.2, 0.25) is 0 Å². The minimum Gasteiger partial charge on any atom is -0.207 e. The smallest absolute Gasteiger partial charge is 0.123 e. The third-order valence-corrected chi connectivity index (χ3v) is 2.68. The van der Waals surface area contributed by atoms with Crippen molar-refractivity contribution in [2.24, 2.45) is 0 Å². The normalized spacial score (nSPS) is 9.35. The van der Waals surface area contributed by atoms with Gasteiger partial charge in [-0.1, -0.05) is 42.5 Å². The third-order valence-electron chi connectivity index (χ3n) is 2.06. The highest BCUT2D eigenvalue weighted by molar-refractivity contribution is 6.17. The standard InChI is InChI=1S/C7H6ClF.C7H7Cl/c8-5-6-1-3-7(9)4-2-6;8-6-7-4-2-1-3-5-7/h1-4H,5H2;1-5H,6H2. The number of hydrogen-bond acceptors (Lipinski definition) is 0. The Morgan fingerprint density at radius 1 is 0.706 bits per heavy atom. The Kier molecular flexibility index (Phi) is 6.68. The molecule has 2 rings (SSSR count). The lowest BCUT2D eigenvalue weighted by atomic mass is 10.2. The minimum absolute atomic E-state index is 0.219. The van der Waals surface area contributed by atoms with Gasteiger partial charge in [0, 0.05) is 11.8 Å². The Morgan fingerprint density at radius 3 is 1.59 bits per heavy atom. The summed E-state index contributed by atoms with van der Waals surface area (Å²) in [5, 5.41) is 0. The van der Waals surface area contributed by atoms with Crippen LogP contribution in [0.15, 0.2) is 54.6 Å². The van der Waals surface area contributed by atoms with Crippen molar-refractivity contribution in [2.75, 3.05) is 0 Å². The molecule has 2 aromatic rings. The quantitative estimate of drug-likeness (QED) is 0.675. The highest BCUT2D eigenvalue weighted by atomic mass is 35.5. The van der Waals surface area contributed by atoms with Gasteiger partial charge in [0.15, 0.2) is 0 Å². The maximum absolute atomic E-state index is 12.2. The number of hydrogen-bond donors (Lipinski definition) is 0. The summed E-state index contributed by atoms with van der Waals surface area (Å²) in [5.74, 6) is 0.838. The summed E-state index contributed by atoms with van der Waals surface area (Å²) < 4.78 is 12.2. The summed E-state index contributed by atoms with van der Waals surface area (Å²) in [6.07, 6.45) is 0. The van der Waals surface area contributed by atoms with E-state index in [1.54, 1.807) is 12.1 Å². The van der Waals surface area contributed by atoms with Crippen LogP contribution in [0, 0.1) is 5.82 Å². The first-order valence-corrected chi connectivity index (χ1v) is 6.23. The predicted molar refractivity (Wildman–Crippen MR) is 72.0 cm³/mol. The van der Waals surface area contributed by atoms with Gasteiger partial charge < -0.3 is 0 Å². The fraction of sp³-hybridized carbons (Fsp3) is 0.143. The molecule has 0 N–H and O–H groups in total. The molecule has 0 saturated heterocycles. The second kappa shape index (κ2) is 8.10. The van der Waals surface area contributed by atoms with Gasteiger partial charge in [-0.25, -0.2) is 4.39 Å². The van der Waals surface area contributed by atoms with E-state index in [-0.39, 0.29) is 5.82 Å². The molecule has 0 saturated carbocycles. The topological polar surface area (TPSA) is 0 Å². The van der Waals surface area contributed by atoms with Crippen LogP contribution < -0.4 is 0 Å². The lowest BCUT2D eigenvalue weighted by molar-refractivity contribution is 0.627. The largest absolute Gasteiger partial charge is 0.207 e. The molecule has 0 aromatic heterocycles. The average Bonchev–Trinajstić information content (AvgIpc) is 2.41. The molecule has 0 nitrogen and oxygen atoms in total. The van der Waals surface area contributed by atoms with E-state index < -0.39 is 0 Å². The maximum atomic E-state index is 12.2. The van der Waals surface area contributed by atoms with Crippen LogP contribution in [-0.2, 0) is 11.8 Å². The zero-order valence-corrected chi connectivity index (χ0v) is 10.8. The van der Waals surface area contributed by atoms with Gasteiger partial charge in [0.05, 0.1) is 0 Å². The lowest BCUT2D eigenvalue weighted by Crippen LogP contribution is -1.76. The summed E-state index contributed by atoms with van der Waals surface area (Å²) >= 11 is 11.0. The van der Waals surface area contributed by atoms with E-state index in [4.69, 9.17) is 23.2 Å². The highest BCUT2D eigenvalue weighted by Gasteiger charge is 1.88. The molecule has 2 aromatic carbocycles. The molecule has 0 spiro atoms. The molecule has 0 fully saturated rings. The van der Waals surface area contributed by atoms with E-state index in [2.05, 4.69) is 0 Å². The zero-order chi connectivity index (χ0) is 12.5. The number of rotatable bonds is 2. The molecule has 17 heavy (non-hydrogen) atoms. The Labute approximate surface area is 111 Å². The first kappa shape index (κ1) is 14.0. The average molecular weight is 271 g/mol. The summed E-state index contributed by atoms with van der Waals surface area (Å²) in [6.45, 7) is 0. The third kappa shape index (κ3) is 5.71. The van der Waals surface area contributed by atoms with Gasteiger partial charge in [0.2, 0.25) is 0 Å². The van der Waals surface area contributed by atoms with Crippen LogP contribution in [0.25, 0.3) is 0 Å². The van der Waals surface area contributed by atoms with Crippen LogP contribution in [0.3, 0.4) is 0 Å². The number of benzene rings is 2. The van der Waals surface area contributed by atoms with Crippen molar-refractivity contribution in [1.82, 2.24) is 0 Å². The zero-order valence-electron chi connectivity index (χ0n) is 9.24.